The van der Waals surface area contributed by atoms with Gasteiger partial charge in [0.2, 0.25) is 5.91 Å². The molecule has 0 atom stereocenters. The van der Waals surface area contributed by atoms with Crippen molar-refractivity contribution in [3.8, 4) is 5.75 Å². The summed E-state index contributed by atoms with van der Waals surface area (Å²) in [6.07, 6.45) is 0.378. The molecule has 0 aromatic heterocycles. The lowest BCUT2D eigenvalue weighted by atomic mass is 10.1. The van der Waals surface area contributed by atoms with Crippen LogP contribution in [0.25, 0.3) is 0 Å². The van der Waals surface area contributed by atoms with Crippen LogP contribution in [0.3, 0.4) is 0 Å². The average molecular weight is 308 g/mol. The minimum absolute atomic E-state index is 0.0116. The van der Waals surface area contributed by atoms with Gasteiger partial charge >= 0.3 is 0 Å². The lowest BCUT2D eigenvalue weighted by Crippen LogP contribution is -2.30. The third-order valence-electron chi connectivity index (χ3n) is 3.54. The predicted molar refractivity (Wildman–Crippen MR) is 88.3 cm³/mol. The van der Waals surface area contributed by atoms with Crippen molar-refractivity contribution in [3.05, 3.63) is 29.8 Å². The maximum absolute atomic E-state index is 11.8. The molecule has 1 N–H and O–H groups in total. The standard InChI is InChI=1S/C17H28N2O3/c1-4-19(5-2)11-13-22-12-10-18-17(20)14-15-6-8-16(21-3)9-7-15/h6-9H,4-5,10-14H2,1-3H3,(H,18,20). The maximum atomic E-state index is 11.8. The Morgan fingerprint density at radius 2 is 1.82 bits per heavy atom. The number of benzene rings is 1. The molecule has 0 heterocycles. The van der Waals surface area contributed by atoms with E-state index in [0.717, 1.165) is 30.9 Å². The van der Waals surface area contributed by atoms with Crippen molar-refractivity contribution in [2.75, 3.05) is 46.5 Å². The Kier molecular flexibility index (Phi) is 9.26. The number of ether oxygens (including phenoxy) is 2. The van der Waals surface area contributed by atoms with Crippen molar-refractivity contribution in [2.24, 2.45) is 0 Å². The Morgan fingerprint density at radius 3 is 2.41 bits per heavy atom. The molecule has 0 aliphatic carbocycles. The van der Waals surface area contributed by atoms with Gasteiger partial charge in [-0.2, -0.15) is 0 Å². The fourth-order valence-corrected chi connectivity index (χ4v) is 2.09. The molecule has 124 valence electrons. The molecule has 0 aliphatic rings. The highest BCUT2D eigenvalue weighted by molar-refractivity contribution is 5.78. The summed E-state index contributed by atoms with van der Waals surface area (Å²) in [7, 11) is 1.63. The van der Waals surface area contributed by atoms with Crippen molar-refractivity contribution in [2.45, 2.75) is 20.3 Å². The van der Waals surface area contributed by atoms with E-state index in [2.05, 4.69) is 24.1 Å². The number of hydrogen-bond donors (Lipinski definition) is 1. The third-order valence-corrected chi connectivity index (χ3v) is 3.54. The molecule has 5 nitrogen and oxygen atoms in total. The van der Waals surface area contributed by atoms with Gasteiger partial charge in [0.25, 0.3) is 0 Å². The normalized spacial score (nSPS) is 10.7. The van der Waals surface area contributed by atoms with Crippen LogP contribution in [0.4, 0.5) is 0 Å². The Hall–Kier alpha value is -1.59. The van der Waals surface area contributed by atoms with Crippen LogP contribution >= 0.6 is 0 Å². The Labute approximate surface area is 133 Å². The van der Waals surface area contributed by atoms with Crippen molar-refractivity contribution in [1.82, 2.24) is 10.2 Å². The van der Waals surface area contributed by atoms with Crippen LogP contribution in [0.5, 0.6) is 5.75 Å². The topological polar surface area (TPSA) is 50.8 Å². The number of nitrogens with zero attached hydrogens (tertiary/aromatic N) is 1. The van der Waals surface area contributed by atoms with Gasteiger partial charge in [0.15, 0.2) is 0 Å². The second-order valence-corrected chi connectivity index (χ2v) is 5.01. The predicted octanol–water partition coefficient (Wildman–Crippen LogP) is 1.71. The van der Waals surface area contributed by atoms with Gasteiger partial charge in [-0.25, -0.2) is 0 Å². The van der Waals surface area contributed by atoms with Gasteiger partial charge in [-0.05, 0) is 30.8 Å². The molecule has 1 amide bonds. The number of nitrogens with one attached hydrogen (secondary N) is 1. The lowest BCUT2D eigenvalue weighted by molar-refractivity contribution is -0.120. The summed E-state index contributed by atoms with van der Waals surface area (Å²) in [6, 6.07) is 7.52. The molecular weight excluding hydrogens is 280 g/mol. The van der Waals surface area contributed by atoms with E-state index in [1.54, 1.807) is 7.11 Å². The molecule has 0 radical (unpaired) electrons. The minimum Gasteiger partial charge on any atom is -0.497 e. The number of amides is 1. The molecule has 5 heteroatoms. The largest absolute Gasteiger partial charge is 0.497 e. The van der Waals surface area contributed by atoms with E-state index in [-0.39, 0.29) is 5.91 Å². The summed E-state index contributed by atoms with van der Waals surface area (Å²) in [5.74, 6) is 0.809. The number of rotatable bonds is 11. The highest BCUT2D eigenvalue weighted by Gasteiger charge is 2.03. The van der Waals surface area contributed by atoms with Gasteiger partial charge in [0.1, 0.15) is 5.75 Å². The summed E-state index contributed by atoms with van der Waals surface area (Å²) < 4.78 is 10.6. The quantitative estimate of drug-likeness (QED) is 0.632. The third kappa shape index (κ3) is 7.43. The molecule has 1 aromatic rings. The van der Waals surface area contributed by atoms with E-state index in [0.29, 0.717) is 26.2 Å². The lowest BCUT2D eigenvalue weighted by Gasteiger charge is -2.17. The van der Waals surface area contributed by atoms with E-state index in [1.165, 1.54) is 0 Å². The van der Waals surface area contributed by atoms with Gasteiger partial charge in [-0.3, -0.25) is 4.79 Å². The molecule has 0 fully saturated rings. The molecule has 0 spiro atoms. The molecular formula is C17H28N2O3. The van der Waals surface area contributed by atoms with E-state index in [1.807, 2.05) is 24.3 Å². The summed E-state index contributed by atoms with van der Waals surface area (Å²) in [5.41, 5.74) is 0.973. The van der Waals surface area contributed by atoms with Crippen LogP contribution in [0.15, 0.2) is 24.3 Å². The van der Waals surface area contributed by atoms with E-state index in [9.17, 15) is 4.79 Å². The molecule has 1 aromatic carbocycles. The Balaban J connectivity index is 2.10. The molecule has 1 rings (SSSR count). The molecule has 0 saturated carbocycles. The Bertz CT molecular complexity index is 416. The number of carbonyl (C=O) groups excluding carboxylic acids is 1. The Morgan fingerprint density at radius 1 is 1.14 bits per heavy atom. The molecule has 0 aliphatic heterocycles. The smallest absolute Gasteiger partial charge is 0.224 e. The highest BCUT2D eigenvalue weighted by atomic mass is 16.5. The minimum atomic E-state index is 0.0116. The average Bonchev–Trinajstić information content (AvgIpc) is 2.55. The van der Waals surface area contributed by atoms with Crippen LogP contribution in [-0.4, -0.2) is 57.3 Å². The van der Waals surface area contributed by atoms with Crippen LogP contribution < -0.4 is 10.1 Å². The highest BCUT2D eigenvalue weighted by Crippen LogP contribution is 2.11. The summed E-state index contributed by atoms with van der Waals surface area (Å²) in [6.45, 7) is 9.11. The fourth-order valence-electron chi connectivity index (χ4n) is 2.09. The fraction of sp³-hybridized carbons (Fsp3) is 0.588. The van der Waals surface area contributed by atoms with E-state index < -0.39 is 0 Å². The number of likely N-dealkylation sites (N-methyl/N-ethyl adjacent to an activating group) is 1. The number of hydrogen-bond acceptors (Lipinski definition) is 4. The van der Waals surface area contributed by atoms with E-state index >= 15 is 0 Å². The van der Waals surface area contributed by atoms with Crippen molar-refractivity contribution in [1.29, 1.82) is 0 Å². The number of carbonyl (C=O) groups is 1. The van der Waals surface area contributed by atoms with Crippen molar-refractivity contribution in [3.63, 3.8) is 0 Å². The van der Waals surface area contributed by atoms with Gasteiger partial charge < -0.3 is 19.7 Å². The van der Waals surface area contributed by atoms with Crippen LogP contribution in [0, 0.1) is 0 Å². The summed E-state index contributed by atoms with van der Waals surface area (Å²) in [5, 5.41) is 2.87. The van der Waals surface area contributed by atoms with Crippen molar-refractivity contribution >= 4 is 5.91 Å². The van der Waals surface area contributed by atoms with Gasteiger partial charge in [-0.1, -0.05) is 26.0 Å². The summed E-state index contributed by atoms with van der Waals surface area (Å²) in [4.78, 5) is 14.1. The second kappa shape index (κ2) is 11.0. The molecule has 0 unspecified atom stereocenters. The van der Waals surface area contributed by atoms with Gasteiger partial charge in [-0.15, -0.1) is 0 Å². The molecule has 0 bridgehead atoms. The van der Waals surface area contributed by atoms with Crippen LogP contribution in [-0.2, 0) is 16.0 Å². The molecule has 0 saturated heterocycles. The monoisotopic (exact) mass is 308 g/mol. The first kappa shape index (κ1) is 18.5. The molecule has 22 heavy (non-hydrogen) atoms. The zero-order valence-electron chi connectivity index (χ0n) is 13.9. The maximum Gasteiger partial charge on any atom is 0.224 e. The van der Waals surface area contributed by atoms with Gasteiger partial charge in [0.05, 0.1) is 26.7 Å². The summed E-state index contributed by atoms with van der Waals surface area (Å²) >= 11 is 0. The van der Waals surface area contributed by atoms with Crippen molar-refractivity contribution < 1.29 is 14.3 Å². The first-order valence-electron chi connectivity index (χ1n) is 7.89. The zero-order chi connectivity index (χ0) is 16.2. The van der Waals surface area contributed by atoms with Gasteiger partial charge in [0, 0.05) is 13.1 Å². The zero-order valence-corrected chi connectivity index (χ0v) is 13.9. The van der Waals surface area contributed by atoms with Crippen LogP contribution in [0.1, 0.15) is 19.4 Å². The second-order valence-electron chi connectivity index (χ2n) is 5.01. The van der Waals surface area contributed by atoms with Crippen LogP contribution in [0.2, 0.25) is 0 Å². The first-order chi connectivity index (χ1) is 10.7. The SMILES string of the molecule is CCN(CC)CCOCCNC(=O)Cc1ccc(OC)cc1. The number of methoxy groups -OCH3 is 1. The van der Waals surface area contributed by atoms with E-state index in [4.69, 9.17) is 9.47 Å². The first-order valence-corrected chi connectivity index (χ1v) is 7.89.